The molecule has 19 heavy (non-hydrogen) atoms. The van der Waals surface area contributed by atoms with Crippen molar-refractivity contribution in [2.75, 3.05) is 11.1 Å². The van der Waals surface area contributed by atoms with Crippen molar-refractivity contribution < 1.29 is 4.92 Å². The second kappa shape index (κ2) is 5.58. The molecule has 0 unspecified atom stereocenters. The number of nitro groups is 1. The summed E-state index contributed by atoms with van der Waals surface area (Å²) in [6.45, 7) is 0.592. The van der Waals surface area contributed by atoms with Crippen LogP contribution >= 0.6 is 11.6 Å². The lowest BCUT2D eigenvalue weighted by Gasteiger charge is -2.07. The third kappa shape index (κ3) is 3.35. The van der Waals surface area contributed by atoms with E-state index < -0.39 is 4.92 Å². The van der Waals surface area contributed by atoms with Crippen molar-refractivity contribution in [1.29, 1.82) is 0 Å². The Hall–Kier alpha value is -2.27. The molecular formula is C13H12ClN3O2. The summed E-state index contributed by atoms with van der Waals surface area (Å²) in [7, 11) is 0. The number of nitrogens with zero attached hydrogens (tertiary/aromatic N) is 1. The minimum atomic E-state index is -0.502. The average Bonchev–Trinajstić information content (AvgIpc) is 2.37. The number of hydrogen-bond acceptors (Lipinski definition) is 4. The molecule has 0 aliphatic carbocycles. The van der Waals surface area contributed by atoms with Crippen LogP contribution in [0.25, 0.3) is 0 Å². The van der Waals surface area contributed by atoms with Crippen LogP contribution in [-0.2, 0) is 6.54 Å². The van der Waals surface area contributed by atoms with Crippen LogP contribution in [-0.4, -0.2) is 4.92 Å². The van der Waals surface area contributed by atoms with Gasteiger partial charge in [-0.1, -0.05) is 23.7 Å². The Labute approximate surface area is 115 Å². The molecule has 0 heterocycles. The summed E-state index contributed by atoms with van der Waals surface area (Å²) >= 11 is 5.80. The monoisotopic (exact) mass is 277 g/mol. The van der Waals surface area contributed by atoms with Crippen LogP contribution in [0.15, 0.2) is 42.5 Å². The lowest BCUT2D eigenvalue weighted by molar-refractivity contribution is -0.383. The molecule has 2 aromatic carbocycles. The highest BCUT2D eigenvalue weighted by atomic mass is 35.5. The Morgan fingerprint density at radius 3 is 2.47 bits per heavy atom. The van der Waals surface area contributed by atoms with Crippen LogP contribution in [0.1, 0.15) is 5.56 Å². The first-order valence-electron chi connectivity index (χ1n) is 5.58. The molecule has 0 aliphatic rings. The van der Waals surface area contributed by atoms with Crippen molar-refractivity contribution in [2.24, 2.45) is 0 Å². The van der Waals surface area contributed by atoms with Gasteiger partial charge in [0.1, 0.15) is 5.69 Å². The number of nitrogen functional groups attached to an aromatic ring is 1. The third-order valence-electron chi connectivity index (χ3n) is 2.63. The van der Waals surface area contributed by atoms with Crippen molar-refractivity contribution in [3.63, 3.8) is 0 Å². The lowest BCUT2D eigenvalue weighted by Crippen LogP contribution is -2.01. The number of nitrogens with two attached hydrogens (primary N) is 1. The molecule has 98 valence electrons. The van der Waals surface area contributed by atoms with Crippen molar-refractivity contribution in [1.82, 2.24) is 0 Å². The Kier molecular flexibility index (Phi) is 3.87. The minimum absolute atomic E-state index is 0.0861. The fourth-order valence-electron chi connectivity index (χ4n) is 1.64. The minimum Gasteiger partial charge on any atom is -0.393 e. The fourth-order valence-corrected chi connectivity index (χ4v) is 1.76. The molecule has 0 saturated heterocycles. The van der Waals surface area contributed by atoms with Crippen molar-refractivity contribution in [3.05, 3.63) is 63.2 Å². The second-order valence-corrected chi connectivity index (χ2v) is 4.45. The summed E-state index contributed by atoms with van der Waals surface area (Å²) in [6.07, 6.45) is 0. The maximum Gasteiger partial charge on any atom is 0.292 e. The maximum atomic E-state index is 10.6. The number of nitrogens with one attached hydrogen (secondary N) is 1. The summed E-state index contributed by atoms with van der Waals surface area (Å²) in [5.74, 6) is 0. The van der Waals surface area contributed by atoms with Crippen LogP contribution in [0.4, 0.5) is 17.1 Å². The Bertz CT molecular complexity index is 599. The summed E-state index contributed by atoms with van der Waals surface area (Å²) in [5.41, 5.74) is 7.46. The van der Waals surface area contributed by atoms with Crippen LogP contribution in [0.2, 0.25) is 5.02 Å². The number of halogens is 1. The summed E-state index contributed by atoms with van der Waals surface area (Å²) < 4.78 is 0. The Balaban J connectivity index is 2.06. The zero-order valence-electron chi connectivity index (χ0n) is 9.97. The normalized spacial score (nSPS) is 10.2. The van der Waals surface area contributed by atoms with Gasteiger partial charge in [0.2, 0.25) is 0 Å². The molecule has 0 radical (unpaired) electrons. The van der Waals surface area contributed by atoms with Crippen LogP contribution in [0.3, 0.4) is 0 Å². The number of benzene rings is 2. The first-order chi connectivity index (χ1) is 9.06. The van der Waals surface area contributed by atoms with Crippen LogP contribution in [0, 0.1) is 10.1 Å². The van der Waals surface area contributed by atoms with Gasteiger partial charge in [-0.3, -0.25) is 10.1 Å². The Morgan fingerprint density at radius 2 is 1.89 bits per heavy atom. The largest absolute Gasteiger partial charge is 0.393 e. The van der Waals surface area contributed by atoms with Gasteiger partial charge in [0.15, 0.2) is 0 Å². The lowest BCUT2D eigenvalue weighted by atomic mass is 10.2. The summed E-state index contributed by atoms with van der Waals surface area (Å²) in [4.78, 5) is 10.1. The second-order valence-electron chi connectivity index (χ2n) is 4.01. The Morgan fingerprint density at radius 1 is 1.21 bits per heavy atom. The zero-order chi connectivity index (χ0) is 13.8. The topological polar surface area (TPSA) is 81.2 Å². The van der Waals surface area contributed by atoms with Gasteiger partial charge in [-0.2, -0.15) is 0 Å². The van der Waals surface area contributed by atoms with E-state index in [-0.39, 0.29) is 11.4 Å². The van der Waals surface area contributed by atoms with Crippen molar-refractivity contribution >= 4 is 28.7 Å². The number of rotatable bonds is 4. The standard InChI is InChI=1S/C13H12ClN3O2/c14-10-3-1-9(2-4-10)8-16-11-5-6-13(17(18)19)12(15)7-11/h1-7,16H,8,15H2. The van der Waals surface area contributed by atoms with E-state index in [1.54, 1.807) is 12.1 Å². The van der Waals surface area contributed by atoms with Gasteiger partial charge < -0.3 is 11.1 Å². The smallest absolute Gasteiger partial charge is 0.292 e. The van der Waals surface area contributed by atoms with Crippen LogP contribution in [0.5, 0.6) is 0 Å². The maximum absolute atomic E-state index is 10.6. The predicted molar refractivity (Wildman–Crippen MR) is 76.3 cm³/mol. The number of anilines is 2. The van der Waals surface area contributed by atoms with Gasteiger partial charge in [-0.05, 0) is 29.8 Å². The molecule has 0 atom stereocenters. The third-order valence-corrected chi connectivity index (χ3v) is 2.89. The molecule has 0 saturated carbocycles. The van der Waals surface area contributed by atoms with E-state index in [9.17, 15) is 10.1 Å². The van der Waals surface area contributed by atoms with E-state index in [0.29, 0.717) is 11.6 Å². The van der Waals surface area contributed by atoms with Crippen LogP contribution < -0.4 is 11.1 Å². The zero-order valence-corrected chi connectivity index (χ0v) is 10.7. The molecule has 0 aromatic heterocycles. The van der Waals surface area contributed by atoms with Gasteiger partial charge in [-0.15, -0.1) is 0 Å². The fraction of sp³-hybridized carbons (Fsp3) is 0.0769. The molecule has 3 N–H and O–H groups in total. The van der Waals surface area contributed by atoms with Gasteiger partial charge >= 0.3 is 0 Å². The molecule has 6 heteroatoms. The molecule has 0 amide bonds. The first kappa shape index (κ1) is 13.2. The molecule has 5 nitrogen and oxygen atoms in total. The summed E-state index contributed by atoms with van der Waals surface area (Å²) in [6, 6.07) is 12.0. The highest BCUT2D eigenvalue weighted by Crippen LogP contribution is 2.24. The van der Waals surface area contributed by atoms with Crippen molar-refractivity contribution in [3.8, 4) is 0 Å². The van der Waals surface area contributed by atoms with Gasteiger partial charge in [-0.25, -0.2) is 0 Å². The van der Waals surface area contributed by atoms with Gasteiger partial charge in [0.25, 0.3) is 5.69 Å². The van der Waals surface area contributed by atoms with Gasteiger partial charge in [0, 0.05) is 23.3 Å². The van der Waals surface area contributed by atoms with E-state index in [0.717, 1.165) is 11.3 Å². The SMILES string of the molecule is Nc1cc(NCc2ccc(Cl)cc2)ccc1[N+](=O)[O-]. The van der Waals surface area contributed by atoms with E-state index in [4.69, 9.17) is 17.3 Å². The van der Waals surface area contributed by atoms with Gasteiger partial charge in [0.05, 0.1) is 4.92 Å². The molecule has 2 aromatic rings. The number of hydrogen-bond donors (Lipinski definition) is 2. The molecule has 2 rings (SSSR count). The molecular weight excluding hydrogens is 266 g/mol. The van der Waals surface area contributed by atoms with Crippen molar-refractivity contribution in [2.45, 2.75) is 6.54 Å². The molecule has 0 fully saturated rings. The van der Waals surface area contributed by atoms with E-state index in [1.807, 2.05) is 24.3 Å². The highest BCUT2D eigenvalue weighted by Gasteiger charge is 2.10. The molecule has 0 bridgehead atoms. The predicted octanol–water partition coefficient (Wildman–Crippen LogP) is 3.44. The number of nitro benzene ring substituents is 1. The van der Waals surface area contributed by atoms with E-state index in [1.165, 1.54) is 6.07 Å². The molecule has 0 spiro atoms. The quantitative estimate of drug-likeness (QED) is 0.509. The van der Waals surface area contributed by atoms with E-state index >= 15 is 0 Å². The molecule has 0 aliphatic heterocycles. The average molecular weight is 278 g/mol. The highest BCUT2D eigenvalue weighted by molar-refractivity contribution is 6.30. The first-order valence-corrected chi connectivity index (χ1v) is 5.96. The summed E-state index contributed by atoms with van der Waals surface area (Å²) in [5, 5.41) is 14.5. The van der Waals surface area contributed by atoms with E-state index in [2.05, 4.69) is 5.32 Å².